The molecule has 5 nitrogen and oxygen atoms in total. The van der Waals surface area contributed by atoms with Crippen molar-refractivity contribution in [2.75, 3.05) is 5.32 Å². The number of hydrogen-bond acceptors (Lipinski definition) is 3. The molecular weight excluding hydrogens is 256 g/mol. The molecule has 1 amide bonds. The molecule has 2 atom stereocenters. The van der Waals surface area contributed by atoms with Gasteiger partial charge in [0.15, 0.2) is 0 Å². The van der Waals surface area contributed by atoms with Gasteiger partial charge in [0.1, 0.15) is 0 Å². The molecule has 0 aromatic heterocycles. The average Bonchev–Trinajstić information content (AvgIpc) is 2.47. The van der Waals surface area contributed by atoms with Crippen molar-refractivity contribution in [1.82, 2.24) is 0 Å². The highest BCUT2D eigenvalue weighted by Gasteiger charge is 2.35. The largest absolute Gasteiger partial charge is 0.481 e. The molecule has 0 spiro atoms. The van der Waals surface area contributed by atoms with Gasteiger partial charge in [-0.1, -0.05) is 18.9 Å². The Bertz CT molecular complexity index is 562. The molecule has 1 aliphatic carbocycles. The number of carboxylic acids is 1. The number of benzene rings is 1. The van der Waals surface area contributed by atoms with E-state index in [0.717, 1.165) is 12.8 Å². The van der Waals surface area contributed by atoms with Crippen molar-refractivity contribution in [3.8, 4) is 6.07 Å². The second-order valence-corrected chi connectivity index (χ2v) is 5.02. The maximum atomic E-state index is 12.2. The minimum Gasteiger partial charge on any atom is -0.481 e. The Morgan fingerprint density at radius 3 is 2.60 bits per heavy atom. The van der Waals surface area contributed by atoms with Crippen molar-refractivity contribution in [3.63, 3.8) is 0 Å². The number of nitrogens with one attached hydrogen (secondary N) is 1. The van der Waals surface area contributed by atoms with Crippen LogP contribution in [0, 0.1) is 23.2 Å². The fraction of sp³-hybridized carbons (Fsp3) is 0.400. The molecule has 0 bridgehead atoms. The van der Waals surface area contributed by atoms with Crippen molar-refractivity contribution in [2.45, 2.75) is 25.7 Å². The predicted octanol–water partition coefficient (Wildman–Crippen LogP) is 2.39. The van der Waals surface area contributed by atoms with E-state index in [9.17, 15) is 14.7 Å². The van der Waals surface area contributed by atoms with Crippen molar-refractivity contribution in [1.29, 1.82) is 5.26 Å². The lowest BCUT2D eigenvalue weighted by atomic mass is 9.78. The number of carbonyl (C=O) groups excluding carboxylic acids is 1. The summed E-state index contributed by atoms with van der Waals surface area (Å²) < 4.78 is 0. The van der Waals surface area contributed by atoms with E-state index in [4.69, 9.17) is 5.26 Å². The number of aliphatic carboxylic acids is 1. The molecule has 104 valence electrons. The fourth-order valence-corrected chi connectivity index (χ4v) is 2.64. The fourth-order valence-electron chi connectivity index (χ4n) is 2.64. The summed E-state index contributed by atoms with van der Waals surface area (Å²) in [5.41, 5.74) is 0.991. The van der Waals surface area contributed by atoms with Crippen LogP contribution in [0.5, 0.6) is 0 Å². The van der Waals surface area contributed by atoms with Crippen molar-refractivity contribution in [2.24, 2.45) is 11.8 Å². The van der Waals surface area contributed by atoms with E-state index in [0.29, 0.717) is 24.1 Å². The Morgan fingerprint density at radius 1 is 1.25 bits per heavy atom. The second-order valence-electron chi connectivity index (χ2n) is 5.02. The van der Waals surface area contributed by atoms with E-state index in [1.165, 1.54) is 0 Å². The number of hydrogen-bond donors (Lipinski definition) is 2. The first-order valence-electron chi connectivity index (χ1n) is 6.65. The zero-order valence-corrected chi connectivity index (χ0v) is 11.0. The monoisotopic (exact) mass is 272 g/mol. The van der Waals surface area contributed by atoms with Crippen molar-refractivity contribution in [3.05, 3.63) is 29.8 Å². The van der Waals surface area contributed by atoms with Crippen LogP contribution < -0.4 is 5.32 Å². The number of carboxylic acid groups (broad SMARTS) is 1. The first-order chi connectivity index (χ1) is 9.61. The molecule has 0 heterocycles. The summed E-state index contributed by atoms with van der Waals surface area (Å²) in [6.07, 6.45) is 2.87. The standard InChI is InChI=1S/C15H16N2O3/c16-9-10-4-3-5-11(8-10)17-14(18)12-6-1-2-7-13(12)15(19)20/h3-5,8,12-13H,1-2,6-7H2,(H,17,18)(H,19,20). The van der Waals surface area contributed by atoms with Gasteiger partial charge in [-0.25, -0.2) is 0 Å². The molecule has 0 aliphatic heterocycles. The van der Waals surface area contributed by atoms with Gasteiger partial charge in [-0.15, -0.1) is 0 Å². The van der Waals surface area contributed by atoms with Crippen LogP contribution in [0.3, 0.4) is 0 Å². The summed E-state index contributed by atoms with van der Waals surface area (Å²) in [5, 5.41) is 20.7. The summed E-state index contributed by atoms with van der Waals surface area (Å²) in [5.74, 6) is -2.28. The van der Waals surface area contributed by atoms with Crippen LogP contribution in [0.25, 0.3) is 0 Å². The van der Waals surface area contributed by atoms with Gasteiger partial charge >= 0.3 is 5.97 Å². The molecule has 1 fully saturated rings. The number of nitriles is 1. The van der Waals surface area contributed by atoms with E-state index in [-0.39, 0.29) is 5.91 Å². The first kappa shape index (κ1) is 14.1. The van der Waals surface area contributed by atoms with E-state index < -0.39 is 17.8 Å². The number of nitrogens with zero attached hydrogens (tertiary/aromatic N) is 1. The number of rotatable bonds is 3. The van der Waals surface area contributed by atoms with Gasteiger partial charge in [0, 0.05) is 5.69 Å². The average molecular weight is 272 g/mol. The molecule has 2 unspecified atom stereocenters. The molecule has 1 aliphatic rings. The Labute approximate surface area is 117 Å². The van der Waals surface area contributed by atoms with Crippen molar-refractivity contribution < 1.29 is 14.7 Å². The Balaban J connectivity index is 2.10. The zero-order valence-electron chi connectivity index (χ0n) is 11.0. The minimum atomic E-state index is -0.907. The normalized spacial score (nSPS) is 21.8. The molecule has 1 aromatic carbocycles. The molecule has 0 radical (unpaired) electrons. The van der Waals surface area contributed by atoms with Crippen LogP contribution in [-0.2, 0) is 9.59 Å². The quantitative estimate of drug-likeness (QED) is 0.884. The minimum absolute atomic E-state index is 0.271. The molecule has 5 heteroatoms. The molecule has 2 rings (SSSR count). The van der Waals surface area contributed by atoms with Crippen LogP contribution in [0.2, 0.25) is 0 Å². The van der Waals surface area contributed by atoms with Crippen LogP contribution in [-0.4, -0.2) is 17.0 Å². The SMILES string of the molecule is N#Cc1cccc(NC(=O)C2CCCCC2C(=O)O)c1. The molecule has 0 saturated heterocycles. The third-order valence-corrected chi connectivity index (χ3v) is 3.68. The summed E-state index contributed by atoms with van der Waals surface area (Å²) >= 11 is 0. The zero-order chi connectivity index (χ0) is 14.5. The molecular formula is C15H16N2O3. The highest BCUT2D eigenvalue weighted by atomic mass is 16.4. The maximum absolute atomic E-state index is 12.2. The Hall–Kier alpha value is -2.35. The van der Waals surface area contributed by atoms with Crippen LogP contribution >= 0.6 is 0 Å². The van der Waals surface area contributed by atoms with Gasteiger partial charge in [0.2, 0.25) is 5.91 Å². The van der Waals surface area contributed by atoms with E-state index >= 15 is 0 Å². The van der Waals surface area contributed by atoms with Crippen LogP contribution in [0.4, 0.5) is 5.69 Å². The lowest BCUT2D eigenvalue weighted by Gasteiger charge is -2.27. The highest BCUT2D eigenvalue weighted by Crippen LogP contribution is 2.31. The van der Waals surface area contributed by atoms with Crippen LogP contribution in [0.1, 0.15) is 31.2 Å². The topological polar surface area (TPSA) is 90.2 Å². The third kappa shape index (κ3) is 3.15. The molecule has 20 heavy (non-hydrogen) atoms. The third-order valence-electron chi connectivity index (χ3n) is 3.68. The summed E-state index contributed by atoms with van der Waals surface area (Å²) in [4.78, 5) is 23.4. The molecule has 1 saturated carbocycles. The van der Waals surface area contributed by atoms with Gasteiger partial charge in [-0.3, -0.25) is 9.59 Å². The summed E-state index contributed by atoms with van der Waals surface area (Å²) in [7, 11) is 0. The van der Waals surface area contributed by atoms with E-state index in [1.807, 2.05) is 6.07 Å². The Kier molecular flexibility index (Phi) is 4.36. The van der Waals surface area contributed by atoms with Crippen molar-refractivity contribution >= 4 is 17.6 Å². The first-order valence-corrected chi connectivity index (χ1v) is 6.65. The summed E-state index contributed by atoms with van der Waals surface area (Å²) in [6.45, 7) is 0. The van der Waals surface area contributed by atoms with E-state index in [1.54, 1.807) is 24.3 Å². The van der Waals surface area contributed by atoms with E-state index in [2.05, 4.69) is 5.32 Å². The number of anilines is 1. The van der Waals surface area contributed by atoms with Gasteiger partial charge in [0.05, 0.1) is 23.5 Å². The summed E-state index contributed by atoms with van der Waals surface area (Å²) in [6, 6.07) is 8.61. The lowest BCUT2D eigenvalue weighted by molar-refractivity contribution is -0.147. The van der Waals surface area contributed by atoms with Gasteiger partial charge in [0.25, 0.3) is 0 Å². The van der Waals surface area contributed by atoms with Gasteiger partial charge < -0.3 is 10.4 Å². The van der Waals surface area contributed by atoms with Gasteiger partial charge in [-0.2, -0.15) is 5.26 Å². The van der Waals surface area contributed by atoms with Crippen LogP contribution in [0.15, 0.2) is 24.3 Å². The molecule has 2 N–H and O–H groups in total. The van der Waals surface area contributed by atoms with Gasteiger partial charge in [-0.05, 0) is 31.0 Å². The number of amides is 1. The number of carbonyl (C=O) groups is 2. The maximum Gasteiger partial charge on any atom is 0.307 e. The lowest BCUT2D eigenvalue weighted by Crippen LogP contribution is -2.36. The highest BCUT2D eigenvalue weighted by molar-refractivity contribution is 5.95. The second kappa shape index (κ2) is 6.20. The predicted molar refractivity (Wildman–Crippen MR) is 72.9 cm³/mol. The smallest absolute Gasteiger partial charge is 0.307 e. The Morgan fingerprint density at radius 2 is 1.95 bits per heavy atom. The molecule has 1 aromatic rings.